The number of hydrogen-bond donors (Lipinski definition) is 1. The van der Waals surface area contributed by atoms with E-state index >= 15 is 0 Å². The number of esters is 1. The normalized spacial score (nSPS) is 11.7. The third-order valence-electron chi connectivity index (χ3n) is 3.46. The van der Waals surface area contributed by atoms with Gasteiger partial charge >= 0.3 is 5.97 Å². The molecular weight excluding hydrogens is 349 g/mol. The maximum atomic E-state index is 12.3. The number of rotatable bonds is 4. The van der Waals surface area contributed by atoms with E-state index in [9.17, 15) is 9.59 Å². The molecule has 1 N–H and O–H groups in total. The molecule has 0 unspecified atom stereocenters. The second-order valence-electron chi connectivity index (χ2n) is 5.48. The minimum Gasteiger partial charge on any atom is -0.449 e. The highest BCUT2D eigenvalue weighted by Crippen LogP contribution is 2.25. The first-order valence-corrected chi connectivity index (χ1v) is 8.07. The van der Waals surface area contributed by atoms with Gasteiger partial charge < -0.3 is 10.1 Å². The van der Waals surface area contributed by atoms with Crippen molar-refractivity contribution in [3.63, 3.8) is 0 Å². The van der Waals surface area contributed by atoms with Gasteiger partial charge in [0.05, 0.1) is 16.3 Å². The summed E-state index contributed by atoms with van der Waals surface area (Å²) in [5.41, 5.74) is 2.58. The van der Waals surface area contributed by atoms with Crippen molar-refractivity contribution in [2.24, 2.45) is 0 Å². The zero-order valence-corrected chi connectivity index (χ0v) is 15.0. The van der Waals surface area contributed by atoms with Crippen molar-refractivity contribution in [3.8, 4) is 0 Å². The van der Waals surface area contributed by atoms with Crippen LogP contribution in [0.2, 0.25) is 10.0 Å². The lowest BCUT2D eigenvalue weighted by atomic mass is 10.1. The number of ether oxygens (including phenoxy) is 1. The van der Waals surface area contributed by atoms with Gasteiger partial charge in [-0.1, -0.05) is 40.9 Å². The number of anilines is 1. The number of hydrogen-bond acceptors (Lipinski definition) is 3. The molecule has 0 heterocycles. The third-order valence-corrected chi connectivity index (χ3v) is 4.00. The summed E-state index contributed by atoms with van der Waals surface area (Å²) in [6.45, 7) is 5.20. The third kappa shape index (κ3) is 4.49. The number of amides is 1. The molecule has 0 fully saturated rings. The smallest absolute Gasteiger partial charge is 0.339 e. The first-order valence-electron chi connectivity index (χ1n) is 7.32. The largest absolute Gasteiger partial charge is 0.449 e. The maximum absolute atomic E-state index is 12.3. The first kappa shape index (κ1) is 18.3. The van der Waals surface area contributed by atoms with Crippen LogP contribution < -0.4 is 5.32 Å². The topological polar surface area (TPSA) is 55.4 Å². The molecule has 126 valence electrons. The van der Waals surface area contributed by atoms with Crippen molar-refractivity contribution in [2.45, 2.75) is 26.9 Å². The Kier molecular flexibility index (Phi) is 5.86. The summed E-state index contributed by atoms with van der Waals surface area (Å²) in [6, 6.07) is 10.2. The lowest BCUT2D eigenvalue weighted by molar-refractivity contribution is -0.123. The molecule has 0 aromatic heterocycles. The number of halogens is 2. The van der Waals surface area contributed by atoms with E-state index in [-0.39, 0.29) is 0 Å². The highest BCUT2D eigenvalue weighted by molar-refractivity contribution is 6.36. The van der Waals surface area contributed by atoms with Gasteiger partial charge in [-0.05, 0) is 50.6 Å². The monoisotopic (exact) mass is 365 g/mol. The standard InChI is InChI=1S/C18H17Cl2NO3/c1-10-4-5-11(2)14(8-10)18(23)24-12(3)17(22)21-16-7-6-13(19)9-15(16)20/h4-9,12H,1-3H3,(H,21,22)/t12-/m0/s1. The maximum Gasteiger partial charge on any atom is 0.339 e. The molecule has 0 aliphatic carbocycles. The summed E-state index contributed by atoms with van der Waals surface area (Å²) in [4.78, 5) is 24.4. The van der Waals surface area contributed by atoms with Crippen molar-refractivity contribution in [1.29, 1.82) is 0 Å². The van der Waals surface area contributed by atoms with E-state index in [2.05, 4.69) is 5.32 Å². The van der Waals surface area contributed by atoms with Crippen LogP contribution in [0.1, 0.15) is 28.4 Å². The number of nitrogens with one attached hydrogen (secondary N) is 1. The second-order valence-corrected chi connectivity index (χ2v) is 6.32. The molecule has 0 aliphatic rings. The average Bonchev–Trinajstić information content (AvgIpc) is 2.52. The molecule has 0 spiro atoms. The molecular formula is C18H17Cl2NO3. The first-order chi connectivity index (χ1) is 11.3. The van der Waals surface area contributed by atoms with Crippen LogP contribution in [-0.2, 0) is 9.53 Å². The number of carbonyl (C=O) groups excluding carboxylic acids is 2. The number of benzene rings is 2. The quantitative estimate of drug-likeness (QED) is 0.792. The van der Waals surface area contributed by atoms with Gasteiger partial charge in [0.2, 0.25) is 0 Å². The van der Waals surface area contributed by atoms with Crippen LogP contribution in [0, 0.1) is 13.8 Å². The predicted octanol–water partition coefficient (Wildman–Crippen LogP) is 4.79. The van der Waals surface area contributed by atoms with Gasteiger partial charge in [0.25, 0.3) is 5.91 Å². The number of carbonyl (C=O) groups is 2. The molecule has 2 aromatic carbocycles. The zero-order chi connectivity index (χ0) is 17.9. The zero-order valence-electron chi connectivity index (χ0n) is 13.5. The van der Waals surface area contributed by atoms with Crippen LogP contribution in [-0.4, -0.2) is 18.0 Å². The summed E-state index contributed by atoms with van der Waals surface area (Å²) in [6.07, 6.45) is -0.968. The van der Waals surface area contributed by atoms with Crippen molar-refractivity contribution in [1.82, 2.24) is 0 Å². The fraction of sp³-hybridized carbons (Fsp3) is 0.222. The summed E-state index contributed by atoms with van der Waals surface area (Å²) >= 11 is 11.8. The summed E-state index contributed by atoms with van der Waals surface area (Å²) < 4.78 is 5.25. The van der Waals surface area contributed by atoms with E-state index < -0.39 is 18.0 Å². The second kappa shape index (κ2) is 7.69. The Labute approximate surface area is 150 Å². The van der Waals surface area contributed by atoms with Crippen molar-refractivity contribution >= 4 is 40.8 Å². The molecule has 1 atom stereocenters. The van der Waals surface area contributed by atoms with Crippen molar-refractivity contribution in [3.05, 3.63) is 63.1 Å². The molecule has 0 saturated heterocycles. The van der Waals surface area contributed by atoms with Gasteiger partial charge in [-0.15, -0.1) is 0 Å². The van der Waals surface area contributed by atoms with Crippen LogP contribution in [0.4, 0.5) is 5.69 Å². The van der Waals surface area contributed by atoms with E-state index in [1.54, 1.807) is 18.2 Å². The molecule has 0 aliphatic heterocycles. The Hall–Kier alpha value is -2.04. The summed E-state index contributed by atoms with van der Waals surface area (Å²) in [5.74, 6) is -1.01. The van der Waals surface area contributed by atoms with E-state index in [1.807, 2.05) is 26.0 Å². The minimum atomic E-state index is -0.968. The van der Waals surface area contributed by atoms with Crippen LogP contribution in [0.5, 0.6) is 0 Å². The van der Waals surface area contributed by atoms with Crippen LogP contribution in [0.3, 0.4) is 0 Å². The summed E-state index contributed by atoms with van der Waals surface area (Å²) in [7, 11) is 0. The molecule has 6 heteroatoms. The van der Waals surface area contributed by atoms with Crippen molar-refractivity contribution in [2.75, 3.05) is 5.32 Å². The molecule has 0 radical (unpaired) electrons. The Morgan fingerprint density at radius 2 is 1.79 bits per heavy atom. The summed E-state index contributed by atoms with van der Waals surface area (Å²) in [5, 5.41) is 3.39. The Bertz CT molecular complexity index is 790. The molecule has 0 bridgehead atoms. The number of aryl methyl sites for hydroxylation is 2. The van der Waals surface area contributed by atoms with Crippen LogP contribution in [0.15, 0.2) is 36.4 Å². The van der Waals surface area contributed by atoms with Crippen LogP contribution in [0.25, 0.3) is 0 Å². The Morgan fingerprint density at radius 1 is 1.08 bits per heavy atom. The molecule has 2 rings (SSSR count). The molecule has 2 aromatic rings. The molecule has 0 saturated carbocycles. The highest BCUT2D eigenvalue weighted by Gasteiger charge is 2.21. The van der Waals surface area contributed by atoms with Gasteiger partial charge in [-0.3, -0.25) is 4.79 Å². The highest BCUT2D eigenvalue weighted by atomic mass is 35.5. The van der Waals surface area contributed by atoms with Gasteiger partial charge in [0.15, 0.2) is 6.10 Å². The fourth-order valence-corrected chi connectivity index (χ4v) is 2.51. The fourth-order valence-electron chi connectivity index (χ4n) is 2.06. The van der Waals surface area contributed by atoms with Crippen LogP contribution >= 0.6 is 23.2 Å². The van der Waals surface area contributed by atoms with Gasteiger partial charge in [0, 0.05) is 5.02 Å². The lowest BCUT2D eigenvalue weighted by Crippen LogP contribution is -2.30. The van der Waals surface area contributed by atoms with E-state index in [0.717, 1.165) is 11.1 Å². The average molecular weight is 366 g/mol. The molecule has 4 nitrogen and oxygen atoms in total. The van der Waals surface area contributed by atoms with Crippen molar-refractivity contribution < 1.29 is 14.3 Å². The molecule has 24 heavy (non-hydrogen) atoms. The van der Waals surface area contributed by atoms with Gasteiger partial charge in [-0.25, -0.2) is 4.79 Å². The van der Waals surface area contributed by atoms with E-state index in [1.165, 1.54) is 13.0 Å². The minimum absolute atomic E-state index is 0.309. The van der Waals surface area contributed by atoms with E-state index in [4.69, 9.17) is 27.9 Å². The Balaban J connectivity index is 2.05. The van der Waals surface area contributed by atoms with E-state index in [0.29, 0.717) is 21.3 Å². The van der Waals surface area contributed by atoms with Gasteiger partial charge in [-0.2, -0.15) is 0 Å². The molecule has 1 amide bonds. The Morgan fingerprint density at radius 3 is 2.46 bits per heavy atom. The predicted molar refractivity (Wildman–Crippen MR) is 95.9 cm³/mol. The SMILES string of the molecule is Cc1ccc(C)c(C(=O)O[C@@H](C)C(=O)Nc2ccc(Cl)cc2Cl)c1. The lowest BCUT2D eigenvalue weighted by Gasteiger charge is -2.15. The van der Waals surface area contributed by atoms with Gasteiger partial charge in [0.1, 0.15) is 0 Å².